The number of benzene rings is 1. The van der Waals surface area contributed by atoms with Gasteiger partial charge in [-0.25, -0.2) is 0 Å². The van der Waals surface area contributed by atoms with Crippen LogP contribution in [0.4, 0.5) is 0 Å². The Kier molecular flexibility index (Phi) is 5.00. The van der Waals surface area contributed by atoms with Crippen LogP contribution in [0.25, 0.3) is 0 Å². The number of amides is 1. The van der Waals surface area contributed by atoms with Gasteiger partial charge < -0.3 is 10.0 Å². The maximum absolute atomic E-state index is 12.5. The summed E-state index contributed by atoms with van der Waals surface area (Å²) in [6.07, 6.45) is 3.83. The average molecular weight is 359 g/mol. The normalized spacial score (nSPS) is 19.2. The fourth-order valence-electron chi connectivity index (χ4n) is 2.52. The molecule has 3 nitrogen and oxygen atoms in total. The number of hydrogen-bond donors (Lipinski definition) is 1. The highest BCUT2D eigenvalue weighted by molar-refractivity contribution is 14.1. The maximum atomic E-state index is 12.5. The number of rotatable bonds is 4. The number of halogens is 1. The molecule has 1 aromatic rings. The predicted octanol–water partition coefficient (Wildman–Crippen LogP) is 2.67. The molecular weight excluding hydrogens is 341 g/mol. The molecule has 1 atom stereocenters. The van der Waals surface area contributed by atoms with Crippen molar-refractivity contribution in [2.24, 2.45) is 0 Å². The van der Waals surface area contributed by atoms with Crippen LogP contribution in [-0.4, -0.2) is 35.1 Å². The predicted molar refractivity (Wildman–Crippen MR) is 79.5 cm³/mol. The lowest BCUT2D eigenvalue weighted by Gasteiger charge is -2.25. The van der Waals surface area contributed by atoms with E-state index in [1.165, 1.54) is 0 Å². The quantitative estimate of drug-likeness (QED) is 0.840. The van der Waals surface area contributed by atoms with Crippen LogP contribution < -0.4 is 0 Å². The van der Waals surface area contributed by atoms with Crippen molar-refractivity contribution in [3.8, 4) is 0 Å². The second-order valence-electron chi connectivity index (χ2n) is 4.64. The first-order valence-corrected chi connectivity index (χ1v) is 7.48. The van der Waals surface area contributed by atoms with Crippen molar-refractivity contribution in [1.29, 1.82) is 0 Å². The monoisotopic (exact) mass is 359 g/mol. The van der Waals surface area contributed by atoms with Crippen molar-refractivity contribution in [2.45, 2.75) is 31.7 Å². The topological polar surface area (TPSA) is 40.5 Å². The lowest BCUT2D eigenvalue weighted by Crippen LogP contribution is -2.36. The Labute approximate surface area is 121 Å². The van der Waals surface area contributed by atoms with Gasteiger partial charge in [-0.15, -0.1) is 0 Å². The number of nitrogens with zero attached hydrogens (tertiary/aromatic N) is 1. The van der Waals surface area contributed by atoms with Crippen molar-refractivity contribution in [3.05, 3.63) is 33.4 Å². The average Bonchev–Trinajstić information content (AvgIpc) is 2.84. The summed E-state index contributed by atoms with van der Waals surface area (Å²) >= 11 is 2.21. The molecule has 1 fully saturated rings. The molecule has 0 saturated carbocycles. The van der Waals surface area contributed by atoms with E-state index in [4.69, 9.17) is 5.11 Å². The molecule has 18 heavy (non-hydrogen) atoms. The summed E-state index contributed by atoms with van der Waals surface area (Å²) in [4.78, 5) is 14.5. The van der Waals surface area contributed by atoms with Crippen LogP contribution in [0.3, 0.4) is 0 Å². The molecule has 1 aliphatic heterocycles. The molecule has 0 radical (unpaired) electrons. The maximum Gasteiger partial charge on any atom is 0.255 e. The Bertz CT molecular complexity index is 422. The van der Waals surface area contributed by atoms with E-state index in [9.17, 15) is 4.79 Å². The third-order valence-electron chi connectivity index (χ3n) is 3.44. The highest BCUT2D eigenvalue weighted by atomic mass is 127. The van der Waals surface area contributed by atoms with Crippen molar-refractivity contribution in [2.75, 3.05) is 13.2 Å². The molecule has 0 bridgehead atoms. The van der Waals surface area contributed by atoms with Gasteiger partial charge in [0.2, 0.25) is 0 Å². The standard InChI is InChI=1S/C14H18INO2/c15-13-8-2-1-7-12(13)14(18)16-9-3-5-11(16)6-4-10-17/h1-2,7-8,11,17H,3-6,9-10H2. The van der Waals surface area contributed by atoms with E-state index >= 15 is 0 Å². The molecule has 98 valence electrons. The number of carbonyl (C=O) groups excluding carboxylic acids is 1. The molecule has 1 N–H and O–H groups in total. The molecule has 1 aliphatic rings. The molecule has 1 amide bonds. The number of aliphatic hydroxyl groups is 1. The molecule has 1 heterocycles. The van der Waals surface area contributed by atoms with E-state index in [1.807, 2.05) is 29.2 Å². The van der Waals surface area contributed by atoms with Gasteiger partial charge in [0.25, 0.3) is 5.91 Å². The Morgan fingerprint density at radius 2 is 2.22 bits per heavy atom. The van der Waals surface area contributed by atoms with E-state index in [1.54, 1.807) is 0 Å². The summed E-state index contributed by atoms with van der Waals surface area (Å²) in [6.45, 7) is 1.06. The minimum Gasteiger partial charge on any atom is -0.396 e. The lowest BCUT2D eigenvalue weighted by molar-refractivity contribution is 0.0723. The van der Waals surface area contributed by atoms with Crippen LogP contribution in [0.2, 0.25) is 0 Å². The summed E-state index contributed by atoms with van der Waals surface area (Å²) in [7, 11) is 0. The Morgan fingerprint density at radius 3 is 2.94 bits per heavy atom. The van der Waals surface area contributed by atoms with Gasteiger partial charge in [-0.2, -0.15) is 0 Å². The molecule has 0 aromatic heterocycles. The van der Waals surface area contributed by atoms with Crippen LogP contribution in [0, 0.1) is 3.57 Å². The first kappa shape index (κ1) is 13.8. The minimum absolute atomic E-state index is 0.139. The molecule has 1 saturated heterocycles. The van der Waals surface area contributed by atoms with Crippen LogP contribution in [0.1, 0.15) is 36.0 Å². The smallest absolute Gasteiger partial charge is 0.255 e. The molecule has 1 aromatic carbocycles. The SMILES string of the molecule is O=C(c1ccccc1I)N1CCCC1CCCO. The highest BCUT2D eigenvalue weighted by Gasteiger charge is 2.29. The third kappa shape index (κ3) is 3.03. The molecule has 0 aliphatic carbocycles. The number of aliphatic hydroxyl groups excluding tert-OH is 1. The van der Waals surface area contributed by atoms with E-state index in [0.29, 0.717) is 6.04 Å². The molecule has 4 heteroatoms. The molecule has 0 spiro atoms. The highest BCUT2D eigenvalue weighted by Crippen LogP contribution is 2.25. The van der Waals surface area contributed by atoms with E-state index in [-0.39, 0.29) is 12.5 Å². The second-order valence-corrected chi connectivity index (χ2v) is 5.80. The second kappa shape index (κ2) is 6.52. The van der Waals surface area contributed by atoms with Crippen LogP contribution in [0.15, 0.2) is 24.3 Å². The minimum atomic E-state index is 0.139. The van der Waals surface area contributed by atoms with Gasteiger partial charge in [-0.05, 0) is 60.4 Å². The molecular formula is C14H18INO2. The van der Waals surface area contributed by atoms with Gasteiger partial charge in [-0.1, -0.05) is 12.1 Å². The summed E-state index contributed by atoms with van der Waals surface area (Å²) in [5, 5.41) is 8.91. The number of hydrogen-bond acceptors (Lipinski definition) is 2. The van der Waals surface area contributed by atoms with Gasteiger partial charge in [0.1, 0.15) is 0 Å². The van der Waals surface area contributed by atoms with Crippen molar-refractivity contribution >= 4 is 28.5 Å². The van der Waals surface area contributed by atoms with Crippen LogP contribution in [0.5, 0.6) is 0 Å². The number of carbonyl (C=O) groups is 1. The summed E-state index contributed by atoms with van der Waals surface area (Å²) < 4.78 is 1.01. The van der Waals surface area contributed by atoms with Crippen LogP contribution in [-0.2, 0) is 0 Å². The van der Waals surface area contributed by atoms with Crippen molar-refractivity contribution in [3.63, 3.8) is 0 Å². The molecule has 2 rings (SSSR count). The van der Waals surface area contributed by atoms with E-state index < -0.39 is 0 Å². The van der Waals surface area contributed by atoms with Crippen molar-refractivity contribution < 1.29 is 9.90 Å². The lowest BCUT2D eigenvalue weighted by atomic mass is 10.1. The Balaban J connectivity index is 2.10. The van der Waals surface area contributed by atoms with E-state index in [0.717, 1.165) is 41.4 Å². The van der Waals surface area contributed by atoms with Crippen LogP contribution >= 0.6 is 22.6 Å². The Hall–Kier alpha value is -0.620. The zero-order valence-corrected chi connectivity index (χ0v) is 12.5. The first-order valence-electron chi connectivity index (χ1n) is 6.40. The zero-order valence-electron chi connectivity index (χ0n) is 10.3. The third-order valence-corrected chi connectivity index (χ3v) is 4.38. The first-order chi connectivity index (χ1) is 8.74. The van der Waals surface area contributed by atoms with Gasteiger partial charge in [0.15, 0.2) is 0 Å². The van der Waals surface area contributed by atoms with E-state index in [2.05, 4.69) is 22.6 Å². The molecule has 1 unspecified atom stereocenters. The van der Waals surface area contributed by atoms with Gasteiger partial charge in [-0.3, -0.25) is 4.79 Å². The Morgan fingerprint density at radius 1 is 1.44 bits per heavy atom. The fraction of sp³-hybridized carbons (Fsp3) is 0.500. The summed E-state index contributed by atoms with van der Waals surface area (Å²) in [6, 6.07) is 8.03. The fourth-order valence-corrected chi connectivity index (χ4v) is 3.14. The largest absolute Gasteiger partial charge is 0.396 e. The van der Waals surface area contributed by atoms with Gasteiger partial charge >= 0.3 is 0 Å². The summed E-state index contributed by atoms with van der Waals surface area (Å²) in [5.74, 6) is 0.139. The van der Waals surface area contributed by atoms with Crippen molar-refractivity contribution in [1.82, 2.24) is 4.90 Å². The zero-order chi connectivity index (χ0) is 13.0. The summed E-state index contributed by atoms with van der Waals surface area (Å²) in [5.41, 5.74) is 0.800. The van der Waals surface area contributed by atoms with Gasteiger partial charge in [0, 0.05) is 22.8 Å². The van der Waals surface area contributed by atoms with Gasteiger partial charge in [0.05, 0.1) is 5.56 Å². The number of likely N-dealkylation sites (tertiary alicyclic amines) is 1.